The van der Waals surface area contributed by atoms with Gasteiger partial charge in [0.15, 0.2) is 0 Å². The molecule has 218 valence electrons. The van der Waals surface area contributed by atoms with E-state index in [1.165, 1.54) is 37.9 Å². The Hall–Kier alpha value is -3.49. The molecule has 0 aliphatic carbocycles. The summed E-state index contributed by atoms with van der Waals surface area (Å²) >= 11 is 3.82. The Balaban J connectivity index is 1.29. The third-order valence-electron chi connectivity index (χ3n) is 7.21. The number of rotatable bonds is 13. The molecule has 0 radical (unpaired) electrons. The summed E-state index contributed by atoms with van der Waals surface area (Å²) in [6.07, 6.45) is 3.97. The number of amides is 2. The summed E-state index contributed by atoms with van der Waals surface area (Å²) in [5.41, 5.74) is 7.53. The van der Waals surface area contributed by atoms with Crippen LogP contribution in [-0.4, -0.2) is 34.4 Å². The van der Waals surface area contributed by atoms with Crippen molar-refractivity contribution in [2.45, 2.75) is 58.4 Å². The average Bonchev–Trinajstić information content (AvgIpc) is 3.33. The van der Waals surface area contributed by atoms with Crippen molar-refractivity contribution in [3.05, 3.63) is 99.8 Å². The molecule has 0 bridgehead atoms. The van der Waals surface area contributed by atoms with E-state index >= 15 is 0 Å². The van der Waals surface area contributed by atoms with E-state index in [1.54, 1.807) is 0 Å². The summed E-state index contributed by atoms with van der Waals surface area (Å²) in [5, 5.41) is 0.627. The van der Waals surface area contributed by atoms with E-state index in [0.717, 1.165) is 37.3 Å². The zero-order valence-corrected chi connectivity index (χ0v) is 25.6. The van der Waals surface area contributed by atoms with Gasteiger partial charge in [-0.25, -0.2) is 4.79 Å². The molecule has 0 unspecified atom stereocenters. The fourth-order valence-electron chi connectivity index (χ4n) is 5.17. The van der Waals surface area contributed by atoms with E-state index < -0.39 is 17.8 Å². The quantitative estimate of drug-likeness (QED) is 0.145. The van der Waals surface area contributed by atoms with Gasteiger partial charge in [-0.2, -0.15) is 0 Å². The number of anilines is 2. The molecule has 0 aromatic heterocycles. The second-order valence-corrected chi connectivity index (χ2v) is 12.8. The van der Waals surface area contributed by atoms with E-state index in [1.807, 2.05) is 23.5 Å². The van der Waals surface area contributed by atoms with Crippen molar-refractivity contribution in [1.82, 2.24) is 5.06 Å². The van der Waals surface area contributed by atoms with Crippen LogP contribution in [0.3, 0.4) is 0 Å². The first-order chi connectivity index (χ1) is 20.6. The number of carbonyl (C=O) groups excluding carboxylic acids is 3. The minimum absolute atomic E-state index is 0.108. The molecule has 0 saturated carbocycles. The van der Waals surface area contributed by atoms with Crippen LogP contribution in [0.4, 0.5) is 11.4 Å². The van der Waals surface area contributed by atoms with Crippen LogP contribution in [0.2, 0.25) is 0 Å². The van der Waals surface area contributed by atoms with Gasteiger partial charge in [-0.1, -0.05) is 80.1 Å². The van der Waals surface area contributed by atoms with E-state index in [-0.39, 0.29) is 19.3 Å². The fraction of sp³-hybridized carbons (Fsp3) is 0.324. The van der Waals surface area contributed by atoms with E-state index in [4.69, 9.17) is 4.84 Å². The van der Waals surface area contributed by atoms with Gasteiger partial charge >= 0.3 is 5.97 Å². The molecular weight excluding hydrogens is 565 g/mol. The summed E-state index contributed by atoms with van der Waals surface area (Å²) < 4.78 is 1.33. The van der Waals surface area contributed by atoms with Crippen LogP contribution < -0.4 is 4.90 Å². The number of carbonyl (C=O) groups is 3. The summed E-state index contributed by atoms with van der Waals surface area (Å²) in [6, 6.07) is 28.0. The molecular formula is C34H36N2O4S2. The maximum absolute atomic E-state index is 12.1. The maximum Gasteiger partial charge on any atom is 0.333 e. The van der Waals surface area contributed by atoms with Crippen LogP contribution >= 0.6 is 23.5 Å². The summed E-state index contributed by atoms with van der Waals surface area (Å²) in [4.78, 5) is 42.9. The Morgan fingerprint density at radius 3 is 2.00 bits per heavy atom. The number of hydroxylamine groups is 2. The Kier molecular flexibility index (Phi) is 10.4. The lowest BCUT2D eigenvalue weighted by Crippen LogP contribution is -2.31. The first-order valence-corrected chi connectivity index (χ1v) is 16.6. The van der Waals surface area contributed by atoms with Crippen molar-refractivity contribution in [2.24, 2.45) is 0 Å². The lowest BCUT2D eigenvalue weighted by molar-refractivity contribution is -0.197. The minimum atomic E-state index is -0.525. The molecule has 3 aromatic carbocycles. The average molecular weight is 601 g/mol. The second kappa shape index (κ2) is 14.6. The normalized spacial score (nSPS) is 14.2. The number of hydrogen-bond donors (Lipinski definition) is 0. The number of fused-ring (bicyclic) bond motifs is 2. The predicted molar refractivity (Wildman–Crippen MR) is 172 cm³/mol. The SMILES string of the molecule is CCCSC(SCCCCCC(=O)ON1C(=O)CCC1=O)=C1c2ccccc2N(Cc2ccccc2)c2ccccc21. The third-order valence-corrected chi connectivity index (χ3v) is 9.96. The molecule has 2 heterocycles. The summed E-state index contributed by atoms with van der Waals surface area (Å²) in [5.74, 6) is 0.575. The smallest absolute Gasteiger partial charge is 0.333 e. The Morgan fingerprint density at radius 1 is 0.762 bits per heavy atom. The predicted octanol–water partition coefficient (Wildman–Crippen LogP) is 8.10. The monoisotopic (exact) mass is 600 g/mol. The van der Waals surface area contributed by atoms with Crippen LogP contribution in [0.5, 0.6) is 0 Å². The minimum Gasteiger partial charge on any atom is -0.336 e. The highest BCUT2D eigenvalue weighted by molar-refractivity contribution is 8.22. The third kappa shape index (κ3) is 7.10. The molecule has 2 amide bonds. The second-order valence-electron chi connectivity index (χ2n) is 10.3. The number of imide groups is 1. The summed E-state index contributed by atoms with van der Waals surface area (Å²) in [7, 11) is 0. The van der Waals surface area contributed by atoms with Crippen LogP contribution in [0.25, 0.3) is 5.57 Å². The van der Waals surface area contributed by atoms with Crippen molar-refractivity contribution < 1.29 is 19.2 Å². The molecule has 0 spiro atoms. The Labute approximate surface area is 256 Å². The topological polar surface area (TPSA) is 66.9 Å². The van der Waals surface area contributed by atoms with Gasteiger partial charge in [0.1, 0.15) is 0 Å². The van der Waals surface area contributed by atoms with Crippen LogP contribution in [0.1, 0.15) is 68.6 Å². The molecule has 5 rings (SSSR count). The number of benzene rings is 3. The zero-order valence-electron chi connectivity index (χ0n) is 23.9. The van der Waals surface area contributed by atoms with Crippen molar-refractivity contribution in [3.63, 3.8) is 0 Å². The zero-order chi connectivity index (χ0) is 29.3. The first-order valence-electron chi connectivity index (χ1n) is 14.6. The highest BCUT2D eigenvalue weighted by Gasteiger charge is 2.32. The van der Waals surface area contributed by atoms with E-state index in [0.29, 0.717) is 11.5 Å². The Bertz CT molecular complexity index is 1390. The number of thioether (sulfide) groups is 2. The highest BCUT2D eigenvalue weighted by Crippen LogP contribution is 2.50. The number of para-hydroxylation sites is 2. The molecule has 8 heteroatoms. The van der Waals surface area contributed by atoms with Crippen LogP contribution in [0.15, 0.2) is 83.1 Å². The number of nitrogens with zero attached hydrogens (tertiary/aromatic N) is 2. The van der Waals surface area contributed by atoms with E-state index in [9.17, 15) is 14.4 Å². The first kappa shape index (κ1) is 30.0. The molecule has 1 fully saturated rings. The van der Waals surface area contributed by atoms with Gasteiger partial charge in [-0.3, -0.25) is 9.59 Å². The van der Waals surface area contributed by atoms with Crippen molar-refractivity contribution in [3.8, 4) is 0 Å². The van der Waals surface area contributed by atoms with Crippen molar-refractivity contribution in [1.29, 1.82) is 0 Å². The van der Waals surface area contributed by atoms with Crippen LogP contribution in [0, 0.1) is 0 Å². The van der Waals surface area contributed by atoms with Gasteiger partial charge < -0.3 is 9.74 Å². The Morgan fingerprint density at radius 2 is 1.36 bits per heavy atom. The van der Waals surface area contributed by atoms with Gasteiger partial charge in [0.25, 0.3) is 11.8 Å². The molecule has 1 saturated heterocycles. The van der Waals surface area contributed by atoms with Gasteiger partial charge in [0, 0.05) is 58.1 Å². The van der Waals surface area contributed by atoms with Gasteiger partial charge in [0.05, 0.1) is 0 Å². The molecule has 2 aliphatic heterocycles. The number of unbranched alkanes of at least 4 members (excludes halogenated alkanes) is 2. The van der Waals surface area contributed by atoms with Crippen LogP contribution in [-0.2, 0) is 25.8 Å². The maximum atomic E-state index is 12.1. The van der Waals surface area contributed by atoms with Crippen molar-refractivity contribution in [2.75, 3.05) is 16.4 Å². The fourth-order valence-corrected chi connectivity index (χ4v) is 7.66. The molecule has 6 nitrogen and oxygen atoms in total. The highest BCUT2D eigenvalue weighted by atomic mass is 32.2. The van der Waals surface area contributed by atoms with Gasteiger partial charge in [0.2, 0.25) is 0 Å². The molecule has 0 N–H and O–H groups in total. The van der Waals surface area contributed by atoms with Crippen molar-refractivity contribution >= 4 is 58.3 Å². The largest absolute Gasteiger partial charge is 0.336 e. The molecule has 0 atom stereocenters. The van der Waals surface area contributed by atoms with Gasteiger partial charge in [-0.05, 0) is 48.5 Å². The lowest BCUT2D eigenvalue weighted by Gasteiger charge is -2.35. The van der Waals surface area contributed by atoms with E-state index in [2.05, 4.69) is 90.7 Å². The summed E-state index contributed by atoms with van der Waals surface area (Å²) in [6.45, 7) is 3.02. The molecule has 2 aliphatic rings. The molecule has 42 heavy (non-hydrogen) atoms. The molecule has 3 aromatic rings. The standard InChI is InChI=1S/C34H36N2O4S2/c1-2-22-41-34(42-23-12-4-7-19-32(39)40-36-30(37)20-21-31(36)38)33-26-15-8-10-17-28(26)35(24-25-13-5-3-6-14-25)29-18-11-9-16-27(29)33/h3,5-6,8-11,13-18H,2,4,7,12,19-24H2,1H3. The number of hydrogen-bond acceptors (Lipinski definition) is 7. The van der Waals surface area contributed by atoms with Gasteiger partial charge in [-0.15, -0.1) is 28.6 Å². The lowest BCUT2D eigenvalue weighted by atomic mass is 9.91.